The van der Waals surface area contributed by atoms with Gasteiger partial charge in [0.15, 0.2) is 0 Å². The average molecular weight is 366 g/mol. The van der Waals surface area contributed by atoms with Crippen molar-refractivity contribution in [2.75, 3.05) is 45.9 Å². The Hall–Kier alpha value is -1.56. The number of allylic oxidation sites excluding steroid dienone is 2. The van der Waals surface area contributed by atoms with Gasteiger partial charge in [0.2, 0.25) is 5.91 Å². The van der Waals surface area contributed by atoms with Gasteiger partial charge in [-0.05, 0) is 44.9 Å². The molecule has 1 aliphatic carbocycles. The van der Waals surface area contributed by atoms with Crippen LogP contribution in [0.25, 0.3) is 0 Å². The van der Waals surface area contributed by atoms with Crippen LogP contribution in [0.1, 0.15) is 52.9 Å². The van der Waals surface area contributed by atoms with Crippen molar-refractivity contribution < 1.29 is 14.3 Å². The summed E-state index contributed by atoms with van der Waals surface area (Å²) in [6.45, 7) is 10.6. The number of carbonyl (C=O) groups excluding carboxylic acids is 2. The summed E-state index contributed by atoms with van der Waals surface area (Å²) < 4.78 is 5.34. The lowest BCUT2D eigenvalue weighted by Gasteiger charge is -2.29. The molecule has 1 saturated heterocycles. The fourth-order valence-corrected chi connectivity index (χ4v) is 3.52. The van der Waals surface area contributed by atoms with E-state index in [4.69, 9.17) is 4.74 Å². The molecule has 2 aliphatic rings. The third-order valence-corrected chi connectivity index (χ3v) is 4.98. The molecule has 1 heterocycles. The second kappa shape index (κ2) is 10.6. The van der Waals surface area contributed by atoms with Crippen molar-refractivity contribution in [1.82, 2.24) is 14.7 Å². The van der Waals surface area contributed by atoms with E-state index in [1.54, 1.807) is 4.90 Å². The minimum atomic E-state index is -0.227. The van der Waals surface area contributed by atoms with Crippen LogP contribution in [-0.4, -0.2) is 72.6 Å². The summed E-state index contributed by atoms with van der Waals surface area (Å²) in [6.07, 6.45) is 7.36. The number of rotatable bonds is 6. The normalized spacial score (nSPS) is 19.1. The third-order valence-electron chi connectivity index (χ3n) is 4.98. The predicted octanol–water partition coefficient (Wildman–Crippen LogP) is 3.09. The highest BCUT2D eigenvalue weighted by molar-refractivity contribution is 5.80. The Morgan fingerprint density at radius 2 is 1.96 bits per heavy atom. The van der Waals surface area contributed by atoms with Crippen molar-refractivity contribution in [3.63, 3.8) is 0 Å². The average Bonchev–Trinajstić information content (AvgIpc) is 2.87. The quantitative estimate of drug-likeness (QED) is 0.726. The zero-order valence-corrected chi connectivity index (χ0v) is 16.7. The molecule has 0 unspecified atom stereocenters. The lowest BCUT2D eigenvalue weighted by atomic mass is 10.0. The number of likely N-dealkylation sites (N-methyl/N-ethyl adjacent to an activating group) is 1. The van der Waals surface area contributed by atoms with E-state index in [0.29, 0.717) is 32.2 Å². The number of ether oxygens (including phenoxy) is 1. The van der Waals surface area contributed by atoms with Gasteiger partial charge in [-0.2, -0.15) is 0 Å². The van der Waals surface area contributed by atoms with Gasteiger partial charge >= 0.3 is 6.09 Å². The Morgan fingerprint density at radius 3 is 2.62 bits per heavy atom. The molecule has 0 aromatic heterocycles. The van der Waals surface area contributed by atoms with E-state index in [0.717, 1.165) is 38.9 Å². The SMILES string of the molecule is CCN(C(=O)CN1CCCN(C(=O)OCC(C)C)CC1)C1=CCCCC1. The first kappa shape index (κ1) is 20.7. The number of amides is 2. The molecule has 1 aliphatic heterocycles. The summed E-state index contributed by atoms with van der Waals surface area (Å²) in [6, 6.07) is 0. The molecule has 0 spiro atoms. The summed E-state index contributed by atoms with van der Waals surface area (Å²) in [5.41, 5.74) is 1.19. The summed E-state index contributed by atoms with van der Waals surface area (Å²) in [4.78, 5) is 30.8. The Kier molecular flexibility index (Phi) is 8.42. The molecule has 6 nitrogen and oxygen atoms in total. The van der Waals surface area contributed by atoms with Gasteiger partial charge in [-0.25, -0.2) is 4.79 Å². The van der Waals surface area contributed by atoms with Gasteiger partial charge in [-0.1, -0.05) is 19.9 Å². The van der Waals surface area contributed by atoms with Gasteiger partial charge in [0.25, 0.3) is 0 Å². The highest BCUT2D eigenvalue weighted by Gasteiger charge is 2.24. The van der Waals surface area contributed by atoms with Gasteiger partial charge in [-0.3, -0.25) is 9.69 Å². The maximum atomic E-state index is 12.8. The summed E-state index contributed by atoms with van der Waals surface area (Å²) in [7, 11) is 0. The zero-order chi connectivity index (χ0) is 18.9. The fraction of sp³-hybridized carbons (Fsp3) is 0.800. The largest absolute Gasteiger partial charge is 0.449 e. The van der Waals surface area contributed by atoms with Crippen molar-refractivity contribution in [2.24, 2.45) is 5.92 Å². The molecule has 6 heteroatoms. The van der Waals surface area contributed by atoms with Gasteiger partial charge in [0.1, 0.15) is 0 Å². The summed E-state index contributed by atoms with van der Waals surface area (Å²) >= 11 is 0. The summed E-state index contributed by atoms with van der Waals surface area (Å²) in [5, 5.41) is 0. The molecule has 0 bridgehead atoms. The van der Waals surface area contributed by atoms with E-state index in [9.17, 15) is 9.59 Å². The van der Waals surface area contributed by atoms with Crippen LogP contribution >= 0.6 is 0 Å². The molecular formula is C20H35N3O3. The maximum absolute atomic E-state index is 12.8. The van der Waals surface area contributed by atoms with E-state index in [1.807, 2.05) is 25.7 Å². The zero-order valence-electron chi connectivity index (χ0n) is 16.7. The van der Waals surface area contributed by atoms with Crippen LogP contribution in [0.3, 0.4) is 0 Å². The fourth-order valence-electron chi connectivity index (χ4n) is 3.52. The molecule has 0 atom stereocenters. The number of nitrogens with zero attached hydrogens (tertiary/aromatic N) is 3. The lowest BCUT2D eigenvalue weighted by molar-refractivity contribution is -0.130. The van der Waals surface area contributed by atoms with E-state index in [-0.39, 0.29) is 12.0 Å². The van der Waals surface area contributed by atoms with Crippen molar-refractivity contribution in [2.45, 2.75) is 52.9 Å². The van der Waals surface area contributed by atoms with Crippen LogP contribution in [0.5, 0.6) is 0 Å². The van der Waals surface area contributed by atoms with E-state index < -0.39 is 0 Å². The second-order valence-corrected chi connectivity index (χ2v) is 7.67. The highest BCUT2D eigenvalue weighted by atomic mass is 16.6. The van der Waals surface area contributed by atoms with Crippen molar-refractivity contribution in [3.8, 4) is 0 Å². The van der Waals surface area contributed by atoms with Crippen LogP contribution in [0.15, 0.2) is 11.8 Å². The van der Waals surface area contributed by atoms with Crippen LogP contribution in [0.4, 0.5) is 4.79 Å². The predicted molar refractivity (Wildman–Crippen MR) is 103 cm³/mol. The Balaban J connectivity index is 1.83. The van der Waals surface area contributed by atoms with Crippen LogP contribution < -0.4 is 0 Å². The van der Waals surface area contributed by atoms with Crippen LogP contribution in [0.2, 0.25) is 0 Å². The van der Waals surface area contributed by atoms with E-state index in [1.165, 1.54) is 18.5 Å². The van der Waals surface area contributed by atoms with Crippen molar-refractivity contribution >= 4 is 12.0 Å². The smallest absolute Gasteiger partial charge is 0.409 e. The third kappa shape index (κ3) is 6.31. The maximum Gasteiger partial charge on any atom is 0.409 e. The van der Waals surface area contributed by atoms with Gasteiger partial charge in [0.05, 0.1) is 13.2 Å². The van der Waals surface area contributed by atoms with Crippen LogP contribution in [0, 0.1) is 5.92 Å². The molecule has 26 heavy (non-hydrogen) atoms. The highest BCUT2D eigenvalue weighted by Crippen LogP contribution is 2.21. The molecule has 0 aromatic carbocycles. The van der Waals surface area contributed by atoms with Crippen molar-refractivity contribution in [3.05, 3.63) is 11.8 Å². The molecule has 2 rings (SSSR count). The van der Waals surface area contributed by atoms with Gasteiger partial charge < -0.3 is 14.5 Å². The molecule has 148 valence electrons. The first-order valence-electron chi connectivity index (χ1n) is 10.1. The standard InChI is InChI=1S/C20H35N3O3/c1-4-23(18-9-6-5-7-10-18)19(24)15-21-11-8-12-22(14-13-21)20(25)26-16-17(2)3/h9,17H,4-8,10-16H2,1-3H3. The molecule has 0 radical (unpaired) electrons. The second-order valence-electron chi connectivity index (χ2n) is 7.67. The number of hydrogen-bond acceptors (Lipinski definition) is 4. The van der Waals surface area contributed by atoms with Crippen LogP contribution in [-0.2, 0) is 9.53 Å². The molecule has 0 saturated carbocycles. The minimum absolute atomic E-state index is 0.177. The van der Waals surface area contributed by atoms with Crippen molar-refractivity contribution in [1.29, 1.82) is 0 Å². The van der Waals surface area contributed by atoms with Gasteiger partial charge in [0, 0.05) is 38.4 Å². The molecule has 0 N–H and O–H groups in total. The van der Waals surface area contributed by atoms with Gasteiger partial charge in [-0.15, -0.1) is 0 Å². The Morgan fingerprint density at radius 1 is 1.15 bits per heavy atom. The minimum Gasteiger partial charge on any atom is -0.449 e. The van der Waals surface area contributed by atoms with E-state index >= 15 is 0 Å². The topological polar surface area (TPSA) is 53.1 Å². The first-order valence-corrected chi connectivity index (χ1v) is 10.1. The number of hydrogen-bond donors (Lipinski definition) is 0. The summed E-state index contributed by atoms with van der Waals surface area (Å²) in [5.74, 6) is 0.519. The Labute approximate surface area is 158 Å². The Bertz CT molecular complexity index is 505. The monoisotopic (exact) mass is 365 g/mol. The van der Waals surface area contributed by atoms with E-state index in [2.05, 4.69) is 11.0 Å². The molecule has 2 amide bonds. The molecule has 0 aromatic rings. The molecular weight excluding hydrogens is 330 g/mol. The molecule has 1 fully saturated rings. The first-order chi connectivity index (χ1) is 12.5. The lowest BCUT2D eigenvalue weighted by Crippen LogP contribution is -2.42. The number of carbonyl (C=O) groups is 2.